The molecule has 5 nitrogen and oxygen atoms in total. The van der Waals surface area contributed by atoms with Gasteiger partial charge in [0.15, 0.2) is 5.78 Å². The maximum Gasteiger partial charge on any atom is 0.202 e. The summed E-state index contributed by atoms with van der Waals surface area (Å²) in [4.78, 5) is 25.1. The largest absolute Gasteiger partial charge is 0.490 e. The van der Waals surface area contributed by atoms with Gasteiger partial charge in [-0.25, -0.2) is 0 Å². The highest BCUT2D eigenvalue weighted by Gasteiger charge is 2.27. The van der Waals surface area contributed by atoms with Crippen LogP contribution >= 0.6 is 11.6 Å². The van der Waals surface area contributed by atoms with Crippen LogP contribution in [0.15, 0.2) is 23.8 Å². The predicted octanol–water partition coefficient (Wildman–Crippen LogP) is 2.78. The number of carbonyl (C=O) groups is 2. The average molecular weight is 387 g/mol. The summed E-state index contributed by atoms with van der Waals surface area (Å²) in [5, 5.41) is 6.78. The van der Waals surface area contributed by atoms with E-state index >= 15 is 0 Å². The Morgan fingerprint density at radius 1 is 1.30 bits per heavy atom. The van der Waals surface area contributed by atoms with Gasteiger partial charge in [-0.2, -0.15) is 0 Å². The number of piperidine rings is 1. The van der Waals surface area contributed by atoms with Crippen molar-refractivity contribution >= 4 is 23.2 Å². The number of benzene rings is 1. The monoisotopic (exact) mass is 386 g/mol. The lowest BCUT2D eigenvalue weighted by Crippen LogP contribution is -2.38. The second kappa shape index (κ2) is 9.18. The van der Waals surface area contributed by atoms with E-state index < -0.39 is 0 Å². The lowest BCUT2D eigenvalue weighted by atomic mass is 9.89. The molecule has 27 heavy (non-hydrogen) atoms. The van der Waals surface area contributed by atoms with Crippen molar-refractivity contribution in [2.45, 2.75) is 32.2 Å². The van der Waals surface area contributed by atoms with E-state index in [-0.39, 0.29) is 28.7 Å². The standard InChI is InChI=1S/C21H23ClN2O3/c1-2-23-8-5-6-14-10-19(25)16-12-20(18(22)11-17(16)21(14)26)27-13-15-7-3-4-9-24-15/h10-12,15,23-24H,2-4,7-9,13H2,1H3. The van der Waals surface area contributed by atoms with Gasteiger partial charge in [-0.05, 0) is 38.1 Å². The Morgan fingerprint density at radius 2 is 2.15 bits per heavy atom. The van der Waals surface area contributed by atoms with Crippen LogP contribution in [0.4, 0.5) is 0 Å². The number of hydrogen-bond donors (Lipinski definition) is 2. The highest BCUT2D eigenvalue weighted by Crippen LogP contribution is 2.32. The van der Waals surface area contributed by atoms with Crippen LogP contribution in [-0.2, 0) is 0 Å². The number of nitrogens with one attached hydrogen (secondary N) is 2. The Kier molecular flexibility index (Phi) is 6.68. The molecule has 1 heterocycles. The van der Waals surface area contributed by atoms with E-state index in [9.17, 15) is 9.59 Å². The fourth-order valence-corrected chi connectivity index (χ4v) is 3.37. The molecule has 1 aliphatic carbocycles. The van der Waals surface area contributed by atoms with E-state index in [2.05, 4.69) is 22.5 Å². The van der Waals surface area contributed by atoms with Crippen molar-refractivity contribution in [2.75, 3.05) is 26.2 Å². The minimum absolute atomic E-state index is 0.196. The molecule has 142 valence electrons. The molecule has 0 radical (unpaired) electrons. The minimum atomic E-state index is -0.281. The van der Waals surface area contributed by atoms with Crippen LogP contribution in [0.3, 0.4) is 0 Å². The number of ether oxygens (including phenoxy) is 1. The summed E-state index contributed by atoms with van der Waals surface area (Å²) in [6, 6.07) is 3.36. The zero-order chi connectivity index (χ0) is 19.2. The normalized spacial score (nSPS) is 19.0. The molecule has 0 bridgehead atoms. The van der Waals surface area contributed by atoms with Gasteiger partial charge in [0.1, 0.15) is 12.4 Å². The van der Waals surface area contributed by atoms with Gasteiger partial charge in [-0.1, -0.05) is 36.8 Å². The Hall–Kier alpha value is -2.13. The van der Waals surface area contributed by atoms with Crippen LogP contribution in [-0.4, -0.2) is 43.8 Å². The van der Waals surface area contributed by atoms with Crippen LogP contribution in [0.2, 0.25) is 5.02 Å². The van der Waals surface area contributed by atoms with Crippen molar-refractivity contribution in [1.82, 2.24) is 10.6 Å². The van der Waals surface area contributed by atoms with Gasteiger partial charge in [-0.3, -0.25) is 9.59 Å². The summed E-state index contributed by atoms with van der Waals surface area (Å²) in [5.74, 6) is 5.52. The summed E-state index contributed by atoms with van der Waals surface area (Å²) < 4.78 is 5.83. The Labute approximate surface area is 164 Å². The second-order valence-corrected chi connectivity index (χ2v) is 7.03. The minimum Gasteiger partial charge on any atom is -0.490 e. The van der Waals surface area contributed by atoms with Crippen molar-refractivity contribution < 1.29 is 14.3 Å². The molecule has 0 amide bonds. The van der Waals surface area contributed by atoms with Gasteiger partial charge in [0.25, 0.3) is 0 Å². The molecular weight excluding hydrogens is 364 g/mol. The molecule has 0 saturated carbocycles. The lowest BCUT2D eigenvalue weighted by molar-refractivity contribution is 0.0988. The van der Waals surface area contributed by atoms with Gasteiger partial charge in [0.2, 0.25) is 5.78 Å². The van der Waals surface area contributed by atoms with Crippen molar-refractivity contribution in [3.63, 3.8) is 0 Å². The molecule has 1 aliphatic heterocycles. The average Bonchev–Trinajstić information content (AvgIpc) is 2.68. The fourth-order valence-electron chi connectivity index (χ4n) is 3.15. The van der Waals surface area contributed by atoms with E-state index in [1.807, 2.05) is 6.92 Å². The third-order valence-corrected chi connectivity index (χ3v) is 4.94. The number of ketones is 2. The maximum absolute atomic E-state index is 12.6. The quantitative estimate of drug-likeness (QED) is 0.601. The SMILES string of the molecule is CCNCC#CC1=CC(=O)c2cc(OCC3CCCCN3)c(Cl)cc2C1=O. The molecule has 0 aromatic heterocycles. The maximum atomic E-state index is 12.6. The van der Waals surface area contributed by atoms with Gasteiger partial charge in [0, 0.05) is 23.2 Å². The van der Waals surface area contributed by atoms with Crippen LogP contribution in [0, 0.1) is 11.8 Å². The molecule has 3 rings (SSSR count). The first kappa shape index (κ1) is 19.6. The molecule has 6 heteroatoms. The van der Waals surface area contributed by atoms with E-state index in [1.165, 1.54) is 25.0 Å². The van der Waals surface area contributed by atoms with E-state index in [4.69, 9.17) is 16.3 Å². The second-order valence-electron chi connectivity index (χ2n) is 6.62. The zero-order valence-electron chi connectivity index (χ0n) is 15.4. The highest BCUT2D eigenvalue weighted by atomic mass is 35.5. The number of carbonyl (C=O) groups excluding carboxylic acids is 2. The number of rotatable bonds is 5. The van der Waals surface area contributed by atoms with E-state index in [1.54, 1.807) is 6.07 Å². The Balaban J connectivity index is 1.76. The van der Waals surface area contributed by atoms with Crippen LogP contribution in [0.5, 0.6) is 5.75 Å². The third kappa shape index (κ3) is 4.78. The lowest BCUT2D eigenvalue weighted by Gasteiger charge is -2.24. The number of Topliss-reactive ketones (excluding diaryl/α,β-unsaturated/α-hetero) is 1. The smallest absolute Gasteiger partial charge is 0.202 e. The molecule has 1 aromatic rings. The van der Waals surface area contributed by atoms with E-state index in [0.29, 0.717) is 29.5 Å². The first-order chi connectivity index (χ1) is 13.1. The highest BCUT2D eigenvalue weighted by molar-refractivity contribution is 6.34. The summed E-state index contributed by atoms with van der Waals surface area (Å²) in [6.07, 6.45) is 4.70. The van der Waals surface area contributed by atoms with Crippen molar-refractivity contribution in [2.24, 2.45) is 0 Å². The number of fused-ring (bicyclic) bond motifs is 1. The van der Waals surface area contributed by atoms with Crippen LogP contribution < -0.4 is 15.4 Å². The number of allylic oxidation sites excluding steroid dienone is 2. The first-order valence-corrected chi connectivity index (χ1v) is 9.68. The van der Waals surface area contributed by atoms with Crippen LogP contribution in [0.25, 0.3) is 0 Å². The van der Waals surface area contributed by atoms with Crippen molar-refractivity contribution in [3.8, 4) is 17.6 Å². The predicted molar refractivity (Wildman–Crippen MR) is 106 cm³/mol. The zero-order valence-corrected chi connectivity index (χ0v) is 16.1. The molecule has 1 aromatic carbocycles. The van der Waals surface area contributed by atoms with Gasteiger partial charge in [-0.15, -0.1) is 0 Å². The van der Waals surface area contributed by atoms with Crippen LogP contribution in [0.1, 0.15) is 46.9 Å². The van der Waals surface area contributed by atoms with Gasteiger partial charge < -0.3 is 15.4 Å². The molecule has 1 saturated heterocycles. The topological polar surface area (TPSA) is 67.4 Å². The summed E-state index contributed by atoms with van der Waals surface area (Å²) in [6.45, 7) is 4.69. The van der Waals surface area contributed by atoms with Crippen molar-refractivity contribution in [3.05, 3.63) is 39.9 Å². The molecule has 1 fully saturated rings. The van der Waals surface area contributed by atoms with Crippen molar-refractivity contribution in [1.29, 1.82) is 0 Å². The molecule has 2 N–H and O–H groups in total. The van der Waals surface area contributed by atoms with E-state index in [0.717, 1.165) is 19.5 Å². The third-order valence-electron chi connectivity index (χ3n) is 4.64. The molecule has 0 spiro atoms. The molecule has 2 aliphatic rings. The molecule has 1 unspecified atom stereocenters. The Bertz CT molecular complexity index is 830. The number of hydrogen-bond acceptors (Lipinski definition) is 5. The Morgan fingerprint density at radius 3 is 2.89 bits per heavy atom. The van der Waals surface area contributed by atoms with Gasteiger partial charge in [0.05, 0.1) is 17.1 Å². The summed E-state index contributed by atoms with van der Waals surface area (Å²) in [5.41, 5.74) is 0.790. The number of halogens is 1. The summed E-state index contributed by atoms with van der Waals surface area (Å²) >= 11 is 6.31. The van der Waals surface area contributed by atoms with Gasteiger partial charge >= 0.3 is 0 Å². The first-order valence-electron chi connectivity index (χ1n) is 9.30. The summed E-state index contributed by atoms with van der Waals surface area (Å²) in [7, 11) is 0. The fraction of sp³-hybridized carbons (Fsp3) is 0.429. The molecular formula is C21H23ClN2O3. The molecule has 1 atom stereocenters.